The van der Waals surface area contributed by atoms with Gasteiger partial charge in [-0.05, 0) is 71.2 Å². The summed E-state index contributed by atoms with van der Waals surface area (Å²) in [5, 5.41) is 0. The van der Waals surface area contributed by atoms with Crippen molar-refractivity contribution in [2.75, 3.05) is 0 Å². The first-order chi connectivity index (χ1) is 14.0. The van der Waals surface area contributed by atoms with Gasteiger partial charge in [-0.2, -0.15) is 26.3 Å². The van der Waals surface area contributed by atoms with Gasteiger partial charge in [-0.1, -0.05) is 51.0 Å². The van der Waals surface area contributed by atoms with Crippen molar-refractivity contribution in [3.8, 4) is 11.1 Å². The van der Waals surface area contributed by atoms with Gasteiger partial charge in [-0.25, -0.2) is 0 Å². The van der Waals surface area contributed by atoms with Crippen LogP contribution in [0.25, 0.3) is 17.2 Å². The van der Waals surface area contributed by atoms with E-state index in [0.717, 1.165) is 47.2 Å². The monoisotopic (exact) mass is 426 g/mol. The second-order valence-corrected chi connectivity index (χ2v) is 7.92. The van der Waals surface area contributed by atoms with Crippen molar-refractivity contribution in [3.63, 3.8) is 0 Å². The zero-order valence-corrected chi connectivity index (χ0v) is 17.1. The third kappa shape index (κ3) is 4.42. The second kappa shape index (κ2) is 8.12. The van der Waals surface area contributed by atoms with E-state index in [2.05, 4.69) is 13.8 Å². The van der Waals surface area contributed by atoms with E-state index in [4.69, 9.17) is 0 Å². The Bertz CT molecular complexity index is 931. The minimum Gasteiger partial charge on any atom is -0.166 e. The normalized spacial score (nSPS) is 15.2. The summed E-state index contributed by atoms with van der Waals surface area (Å²) in [6.45, 7) is 6.07. The van der Waals surface area contributed by atoms with Gasteiger partial charge in [0.25, 0.3) is 0 Å². The third-order valence-corrected chi connectivity index (χ3v) is 5.79. The molecule has 0 bridgehead atoms. The van der Waals surface area contributed by atoms with Crippen LogP contribution in [0, 0.1) is 5.92 Å². The molecule has 0 radical (unpaired) electrons. The van der Waals surface area contributed by atoms with E-state index in [-0.39, 0.29) is 11.6 Å². The van der Waals surface area contributed by atoms with Crippen molar-refractivity contribution >= 4 is 6.08 Å². The maximum Gasteiger partial charge on any atom is 0.416 e. The van der Waals surface area contributed by atoms with E-state index in [0.29, 0.717) is 24.3 Å². The number of halogens is 6. The Morgan fingerprint density at radius 3 is 2.00 bits per heavy atom. The van der Waals surface area contributed by atoms with Gasteiger partial charge in [0.2, 0.25) is 0 Å². The van der Waals surface area contributed by atoms with Crippen LogP contribution >= 0.6 is 0 Å². The topological polar surface area (TPSA) is 0 Å². The molecule has 0 saturated carbocycles. The van der Waals surface area contributed by atoms with E-state index in [1.165, 1.54) is 0 Å². The number of fused-ring (bicyclic) bond motifs is 1. The van der Waals surface area contributed by atoms with Crippen LogP contribution in [0.5, 0.6) is 0 Å². The lowest BCUT2D eigenvalue weighted by Crippen LogP contribution is -2.11. The fraction of sp³-hybridized carbons (Fsp3) is 0.417. The number of rotatable bonds is 5. The summed E-state index contributed by atoms with van der Waals surface area (Å²) in [5.74, 6) is 0.298. The third-order valence-electron chi connectivity index (χ3n) is 5.79. The van der Waals surface area contributed by atoms with E-state index in [9.17, 15) is 26.3 Å². The Hall–Kier alpha value is -2.24. The molecule has 2 aromatic carbocycles. The molecule has 2 aromatic rings. The minimum absolute atomic E-state index is 0.0286. The molecule has 30 heavy (non-hydrogen) atoms. The molecule has 0 aromatic heterocycles. The average Bonchev–Trinajstić information content (AvgIpc) is 3.10. The number of hydrogen-bond acceptors (Lipinski definition) is 0. The van der Waals surface area contributed by atoms with Crippen LogP contribution in [0.15, 0.2) is 35.9 Å². The summed E-state index contributed by atoms with van der Waals surface area (Å²) < 4.78 is 80.5. The molecule has 1 aliphatic rings. The molecule has 0 saturated heterocycles. The first-order valence-corrected chi connectivity index (χ1v) is 10.1. The number of allylic oxidation sites excluding steroid dienone is 1. The zero-order valence-electron chi connectivity index (χ0n) is 17.1. The molecule has 3 rings (SSSR count). The highest BCUT2D eigenvalue weighted by atomic mass is 19.4. The van der Waals surface area contributed by atoms with Crippen LogP contribution in [0.2, 0.25) is 0 Å². The summed E-state index contributed by atoms with van der Waals surface area (Å²) >= 11 is 0. The highest BCUT2D eigenvalue weighted by molar-refractivity contribution is 5.84. The predicted octanol–water partition coefficient (Wildman–Crippen LogP) is 8.33. The first kappa shape index (κ1) is 22.4. The van der Waals surface area contributed by atoms with Gasteiger partial charge >= 0.3 is 12.4 Å². The standard InChI is InChI=1S/C24H24F6/c1-4-6-15-7-8-16-9-17(14(3)5-2)12-21(16)22(15)18-10-19(23(25,26)27)13-20(11-18)24(28,29)30/h7-8,10-14H,4-6,9H2,1-3H3. The van der Waals surface area contributed by atoms with Crippen molar-refractivity contribution in [2.24, 2.45) is 5.92 Å². The van der Waals surface area contributed by atoms with Crippen LogP contribution in [0.1, 0.15) is 61.4 Å². The molecule has 1 aliphatic carbocycles. The van der Waals surface area contributed by atoms with Crippen molar-refractivity contribution in [3.05, 3.63) is 63.7 Å². The summed E-state index contributed by atoms with van der Waals surface area (Å²) in [6.07, 6.45) is -4.86. The van der Waals surface area contributed by atoms with Gasteiger partial charge in [0.05, 0.1) is 11.1 Å². The van der Waals surface area contributed by atoms with Crippen molar-refractivity contribution in [2.45, 2.75) is 58.8 Å². The fourth-order valence-electron chi connectivity index (χ4n) is 3.98. The van der Waals surface area contributed by atoms with Gasteiger partial charge in [-0.3, -0.25) is 0 Å². The first-order valence-electron chi connectivity index (χ1n) is 10.1. The van der Waals surface area contributed by atoms with E-state index in [1.54, 1.807) is 0 Å². The summed E-state index contributed by atoms with van der Waals surface area (Å²) in [7, 11) is 0. The molecule has 0 aliphatic heterocycles. The van der Waals surface area contributed by atoms with Crippen LogP contribution in [0.4, 0.5) is 26.3 Å². The summed E-state index contributed by atoms with van der Waals surface area (Å²) in [6, 6.07) is 5.68. The molecule has 0 heterocycles. The number of benzene rings is 2. The predicted molar refractivity (Wildman–Crippen MR) is 107 cm³/mol. The fourth-order valence-corrected chi connectivity index (χ4v) is 3.98. The molecule has 1 unspecified atom stereocenters. The minimum atomic E-state index is -4.86. The van der Waals surface area contributed by atoms with Gasteiger partial charge in [-0.15, -0.1) is 0 Å². The SMILES string of the molecule is CCCc1ccc2c(c1-c1cc(C(F)(F)F)cc(C(F)(F)F)c1)C=C(C(C)CC)C2. The molecule has 0 spiro atoms. The van der Waals surface area contributed by atoms with E-state index in [1.807, 2.05) is 25.1 Å². The molecular weight excluding hydrogens is 402 g/mol. The lowest BCUT2D eigenvalue weighted by Gasteiger charge is -2.18. The number of alkyl halides is 6. The Morgan fingerprint density at radius 1 is 0.900 bits per heavy atom. The van der Waals surface area contributed by atoms with E-state index < -0.39 is 23.5 Å². The molecular formula is C24H24F6. The molecule has 0 fully saturated rings. The van der Waals surface area contributed by atoms with Crippen molar-refractivity contribution < 1.29 is 26.3 Å². The highest BCUT2D eigenvalue weighted by Crippen LogP contribution is 2.43. The van der Waals surface area contributed by atoms with Gasteiger partial charge in [0, 0.05) is 0 Å². The lowest BCUT2D eigenvalue weighted by molar-refractivity contribution is -0.143. The molecule has 1 atom stereocenters. The number of hydrogen-bond donors (Lipinski definition) is 0. The van der Waals surface area contributed by atoms with E-state index >= 15 is 0 Å². The Morgan fingerprint density at radius 2 is 1.50 bits per heavy atom. The summed E-state index contributed by atoms with van der Waals surface area (Å²) in [4.78, 5) is 0. The molecule has 0 N–H and O–H groups in total. The van der Waals surface area contributed by atoms with Gasteiger partial charge in [0.15, 0.2) is 0 Å². The zero-order chi connectivity index (χ0) is 22.3. The quantitative estimate of drug-likeness (QED) is 0.422. The van der Waals surface area contributed by atoms with Crippen molar-refractivity contribution in [1.82, 2.24) is 0 Å². The lowest BCUT2D eigenvalue weighted by atomic mass is 9.88. The molecule has 6 heteroatoms. The van der Waals surface area contributed by atoms with Gasteiger partial charge in [0.1, 0.15) is 0 Å². The summed E-state index contributed by atoms with van der Waals surface area (Å²) in [5.41, 5.74) is 1.53. The largest absolute Gasteiger partial charge is 0.416 e. The Labute approximate surface area is 172 Å². The number of aryl methyl sites for hydroxylation is 1. The Kier molecular flexibility index (Phi) is 6.08. The highest BCUT2D eigenvalue weighted by Gasteiger charge is 2.37. The Balaban J connectivity index is 2.30. The van der Waals surface area contributed by atoms with Crippen LogP contribution in [0.3, 0.4) is 0 Å². The molecule has 0 nitrogen and oxygen atoms in total. The maximum absolute atomic E-state index is 13.4. The smallest absolute Gasteiger partial charge is 0.166 e. The molecule has 162 valence electrons. The van der Waals surface area contributed by atoms with Crippen LogP contribution < -0.4 is 0 Å². The van der Waals surface area contributed by atoms with Crippen molar-refractivity contribution in [1.29, 1.82) is 0 Å². The second-order valence-electron chi connectivity index (χ2n) is 7.92. The van der Waals surface area contributed by atoms with Gasteiger partial charge < -0.3 is 0 Å². The average molecular weight is 426 g/mol. The molecule has 0 amide bonds. The maximum atomic E-state index is 13.4. The van der Waals surface area contributed by atoms with Crippen LogP contribution in [-0.2, 0) is 25.2 Å². The van der Waals surface area contributed by atoms with Crippen LogP contribution in [-0.4, -0.2) is 0 Å².